The molecule has 2 unspecified atom stereocenters. The van der Waals surface area contributed by atoms with E-state index in [1.807, 2.05) is 6.08 Å². The minimum Gasteiger partial charge on any atom is -0.394 e. The molecule has 0 aliphatic heterocycles. The van der Waals surface area contributed by atoms with Gasteiger partial charge in [-0.2, -0.15) is 0 Å². The van der Waals surface area contributed by atoms with E-state index < -0.39 is 12.1 Å². The Morgan fingerprint density at radius 2 is 0.469 bits per heavy atom. The van der Waals surface area contributed by atoms with E-state index >= 15 is 0 Å². The fraction of sp³-hybridized carbons (Fsp3) is 0.935. The summed E-state index contributed by atoms with van der Waals surface area (Å²) >= 11 is 0. The predicted octanol–water partition coefficient (Wildman–Crippen LogP) is 26.1. The average molecular weight is 1140 g/mol. The Labute approximate surface area is 510 Å². The Bertz CT molecular complexity index is 1200. The van der Waals surface area contributed by atoms with Crippen LogP contribution in [0, 0.1) is 0 Å². The number of hydrogen-bond donors (Lipinski definition) is 3. The number of aliphatic hydroxyl groups excluding tert-OH is 2. The van der Waals surface area contributed by atoms with Crippen LogP contribution in [0.4, 0.5) is 0 Å². The number of allylic oxidation sites excluding steroid dienone is 3. The van der Waals surface area contributed by atoms with Crippen LogP contribution in [0.2, 0.25) is 0 Å². The molecule has 0 heterocycles. The first-order valence-electron chi connectivity index (χ1n) is 38.1. The fourth-order valence-corrected chi connectivity index (χ4v) is 12.4. The summed E-state index contributed by atoms with van der Waals surface area (Å²) in [6.07, 6.45) is 100. The molecule has 0 aromatic heterocycles. The molecule has 0 aliphatic rings. The topological polar surface area (TPSA) is 69.6 Å². The van der Waals surface area contributed by atoms with Crippen molar-refractivity contribution in [3.05, 3.63) is 24.3 Å². The van der Waals surface area contributed by atoms with Crippen LogP contribution >= 0.6 is 0 Å². The molecule has 0 aromatic rings. The summed E-state index contributed by atoms with van der Waals surface area (Å²) in [5, 5.41) is 23.3. The molecule has 0 rings (SSSR count). The first-order chi connectivity index (χ1) is 40.2. The van der Waals surface area contributed by atoms with E-state index in [1.54, 1.807) is 6.08 Å². The summed E-state index contributed by atoms with van der Waals surface area (Å²) in [5.74, 6) is -0.0531. The van der Waals surface area contributed by atoms with Gasteiger partial charge >= 0.3 is 0 Å². The van der Waals surface area contributed by atoms with Gasteiger partial charge in [0.1, 0.15) is 0 Å². The highest BCUT2D eigenvalue weighted by Crippen LogP contribution is 2.20. The first kappa shape index (κ1) is 79.9. The van der Waals surface area contributed by atoms with Crippen molar-refractivity contribution in [2.75, 3.05) is 6.61 Å². The minimum absolute atomic E-state index is 0.0531. The molecule has 0 aliphatic carbocycles. The van der Waals surface area contributed by atoms with E-state index in [9.17, 15) is 15.0 Å². The van der Waals surface area contributed by atoms with Gasteiger partial charge in [-0.25, -0.2) is 0 Å². The number of nitrogens with one attached hydrogen (secondary N) is 1. The number of unbranched alkanes of at least 4 members (excludes halogenated alkanes) is 63. The van der Waals surface area contributed by atoms with Gasteiger partial charge in [0, 0.05) is 6.42 Å². The number of carbonyl (C=O) groups excluding carboxylic acids is 1. The maximum Gasteiger partial charge on any atom is 0.220 e. The lowest BCUT2D eigenvalue weighted by Gasteiger charge is -2.20. The third kappa shape index (κ3) is 69.5. The van der Waals surface area contributed by atoms with Gasteiger partial charge < -0.3 is 15.5 Å². The monoisotopic (exact) mass is 1140 g/mol. The highest BCUT2D eigenvalue weighted by molar-refractivity contribution is 5.76. The highest BCUT2D eigenvalue weighted by Gasteiger charge is 2.18. The van der Waals surface area contributed by atoms with Crippen LogP contribution in [0.3, 0.4) is 0 Å². The molecule has 0 fully saturated rings. The number of aliphatic hydroxyl groups is 2. The van der Waals surface area contributed by atoms with Crippen LogP contribution < -0.4 is 5.32 Å². The molecule has 2 atom stereocenters. The van der Waals surface area contributed by atoms with Crippen molar-refractivity contribution in [2.24, 2.45) is 0 Å². The number of carbonyl (C=O) groups is 1. The first-order valence-corrected chi connectivity index (χ1v) is 38.1. The quantitative estimate of drug-likeness (QED) is 0.0420. The Hall–Kier alpha value is -1.13. The third-order valence-corrected chi connectivity index (χ3v) is 18.2. The van der Waals surface area contributed by atoms with Crippen LogP contribution in [0.1, 0.15) is 444 Å². The van der Waals surface area contributed by atoms with E-state index in [0.717, 1.165) is 25.7 Å². The number of rotatable bonds is 72. The fourth-order valence-electron chi connectivity index (χ4n) is 12.4. The van der Waals surface area contributed by atoms with E-state index in [0.29, 0.717) is 6.42 Å². The molecule has 0 radical (unpaired) electrons. The Morgan fingerprint density at radius 3 is 0.679 bits per heavy atom. The molecule has 4 heteroatoms. The lowest BCUT2D eigenvalue weighted by molar-refractivity contribution is -0.123. The molecule has 3 N–H and O–H groups in total. The van der Waals surface area contributed by atoms with E-state index in [4.69, 9.17) is 0 Å². The molecule has 0 bridgehead atoms. The van der Waals surface area contributed by atoms with Gasteiger partial charge in [0.25, 0.3) is 0 Å². The lowest BCUT2D eigenvalue weighted by Crippen LogP contribution is -2.45. The zero-order valence-corrected chi connectivity index (χ0v) is 55.9. The molecule has 0 saturated carbocycles. The maximum absolute atomic E-state index is 12.6. The van der Waals surface area contributed by atoms with E-state index in [2.05, 4.69) is 31.3 Å². The minimum atomic E-state index is -0.839. The Kier molecular flexibility index (Phi) is 72.1. The van der Waals surface area contributed by atoms with Crippen molar-refractivity contribution < 1.29 is 15.0 Å². The summed E-state index contributed by atoms with van der Waals surface area (Å²) in [6, 6.07) is -0.621. The summed E-state index contributed by atoms with van der Waals surface area (Å²) in [6.45, 7) is 4.37. The second-order valence-electron chi connectivity index (χ2n) is 26.4. The summed E-state index contributed by atoms with van der Waals surface area (Å²) in [7, 11) is 0. The largest absolute Gasteiger partial charge is 0.394 e. The number of hydrogen-bond acceptors (Lipinski definition) is 3. The van der Waals surface area contributed by atoms with Gasteiger partial charge in [-0.15, -0.1) is 0 Å². The molecular weight excluding hydrogens is 987 g/mol. The average Bonchev–Trinajstić information content (AvgIpc) is 3.47. The molecule has 81 heavy (non-hydrogen) atoms. The van der Waals surface area contributed by atoms with Gasteiger partial charge in [-0.1, -0.05) is 417 Å². The zero-order valence-electron chi connectivity index (χ0n) is 55.9. The molecule has 0 spiro atoms. The van der Waals surface area contributed by atoms with Crippen molar-refractivity contribution in [3.8, 4) is 0 Å². The van der Waals surface area contributed by atoms with E-state index in [-0.39, 0.29) is 12.5 Å². The normalized spacial score (nSPS) is 12.7. The van der Waals surface area contributed by atoms with Crippen molar-refractivity contribution >= 4 is 5.91 Å². The third-order valence-electron chi connectivity index (χ3n) is 18.2. The Morgan fingerprint density at radius 1 is 0.284 bits per heavy atom. The van der Waals surface area contributed by atoms with Crippen molar-refractivity contribution in [2.45, 2.75) is 456 Å². The number of amides is 1. The molecule has 0 aromatic carbocycles. The van der Waals surface area contributed by atoms with Crippen molar-refractivity contribution in [3.63, 3.8) is 0 Å². The maximum atomic E-state index is 12.6. The SMILES string of the molecule is CCCCCCCCCC/C=C\CCCCCCCCCCCCCCCCCCCCCCCCCCCC(=O)NC(CO)C(O)/C=C/CCCCCCCCCCCCCCCCCCCCCCCCCCCCCCCC. The molecule has 1 amide bonds. The zero-order chi connectivity index (χ0) is 58.4. The van der Waals surface area contributed by atoms with Gasteiger partial charge in [0.15, 0.2) is 0 Å². The van der Waals surface area contributed by atoms with Crippen LogP contribution in [-0.2, 0) is 4.79 Å². The summed E-state index contributed by atoms with van der Waals surface area (Å²) < 4.78 is 0. The second-order valence-corrected chi connectivity index (χ2v) is 26.4. The second kappa shape index (κ2) is 73.1. The van der Waals surface area contributed by atoms with Crippen molar-refractivity contribution in [1.82, 2.24) is 5.32 Å². The van der Waals surface area contributed by atoms with Crippen molar-refractivity contribution in [1.29, 1.82) is 0 Å². The van der Waals surface area contributed by atoms with Crippen LogP contribution in [0.25, 0.3) is 0 Å². The van der Waals surface area contributed by atoms with Crippen LogP contribution in [0.5, 0.6) is 0 Å². The van der Waals surface area contributed by atoms with Crippen LogP contribution in [-0.4, -0.2) is 34.9 Å². The summed E-state index contributed by atoms with van der Waals surface area (Å²) in [5.41, 5.74) is 0. The van der Waals surface area contributed by atoms with Gasteiger partial charge in [0.2, 0.25) is 5.91 Å². The highest BCUT2D eigenvalue weighted by atomic mass is 16.3. The molecule has 482 valence electrons. The van der Waals surface area contributed by atoms with Gasteiger partial charge in [0.05, 0.1) is 18.8 Å². The smallest absolute Gasteiger partial charge is 0.220 e. The molecule has 4 nitrogen and oxygen atoms in total. The molecule has 0 saturated heterocycles. The van der Waals surface area contributed by atoms with E-state index in [1.165, 1.54) is 398 Å². The molecular formula is C77H151NO3. The summed E-state index contributed by atoms with van der Waals surface area (Å²) in [4.78, 5) is 12.6. The standard InChI is InChI=1S/C77H151NO3/c1-3-5-7-9-11-13-15-17-19-21-23-25-27-29-31-33-35-37-38-39-40-41-43-45-47-49-51-53-55-57-59-61-63-65-67-69-71-73-77(81)78-75(74-79)76(80)72-70-68-66-64-62-60-58-56-54-52-50-48-46-44-42-36-34-32-30-28-26-24-22-20-18-16-14-12-10-8-6-4-2/h21,23,70,72,75-76,79-80H,3-20,22,24-69,71,73-74H2,1-2H3,(H,78,81)/b23-21-,72-70+. The lowest BCUT2D eigenvalue weighted by atomic mass is 10.0. The predicted molar refractivity (Wildman–Crippen MR) is 364 cm³/mol. The van der Waals surface area contributed by atoms with Gasteiger partial charge in [-0.05, 0) is 44.9 Å². The van der Waals surface area contributed by atoms with Gasteiger partial charge in [-0.3, -0.25) is 4.79 Å². The Balaban J connectivity index is 3.38. The van der Waals surface area contributed by atoms with Crippen LogP contribution in [0.15, 0.2) is 24.3 Å².